The minimum absolute atomic E-state index is 0.693. The van der Waals surface area contributed by atoms with Crippen molar-refractivity contribution in [3.05, 3.63) is 47.7 Å². The second-order valence-electron chi connectivity index (χ2n) is 3.03. The Hall–Kier alpha value is -1.54. The van der Waals surface area contributed by atoms with Crippen LogP contribution in [-0.2, 0) is 0 Å². The van der Waals surface area contributed by atoms with Crippen LogP contribution >= 0.6 is 0 Å². The summed E-state index contributed by atoms with van der Waals surface area (Å²) in [6, 6.07) is 13.7. The molecule has 0 aliphatic carbocycles. The van der Waals surface area contributed by atoms with Gasteiger partial charge in [0.1, 0.15) is 0 Å². The van der Waals surface area contributed by atoms with Gasteiger partial charge in [0.15, 0.2) is 0 Å². The molecule has 0 amide bonds. The van der Waals surface area contributed by atoms with Crippen LogP contribution in [0.15, 0.2) is 42.5 Å². The van der Waals surface area contributed by atoms with E-state index in [9.17, 15) is 5.21 Å². The van der Waals surface area contributed by atoms with E-state index in [1.165, 1.54) is 7.05 Å². The SMILES string of the molecule is CN([O-])c1ccc2ccccc2c1. The lowest BCUT2D eigenvalue weighted by molar-refractivity contribution is 1.22. The number of nitrogens with zero attached hydrogens (tertiary/aromatic N) is 1. The van der Waals surface area contributed by atoms with Gasteiger partial charge in [0, 0.05) is 5.69 Å². The Balaban J connectivity index is 2.62. The van der Waals surface area contributed by atoms with E-state index < -0.39 is 0 Å². The predicted octanol–water partition coefficient (Wildman–Crippen LogP) is 2.77. The standard InChI is InChI=1S/C11H10NO/c1-12(13)11-7-6-9-4-2-3-5-10(9)8-11/h2-8H,1H3/q-1. The minimum atomic E-state index is 0.693. The molecular formula is C11H10NO-. The Morgan fingerprint density at radius 1 is 1.00 bits per heavy atom. The van der Waals surface area contributed by atoms with Gasteiger partial charge in [0.2, 0.25) is 0 Å². The lowest BCUT2D eigenvalue weighted by Crippen LogP contribution is -2.04. The van der Waals surface area contributed by atoms with Crippen LogP contribution in [0.2, 0.25) is 0 Å². The molecule has 0 saturated carbocycles. The van der Waals surface area contributed by atoms with E-state index in [1.54, 1.807) is 0 Å². The Labute approximate surface area is 77.0 Å². The third kappa shape index (κ3) is 1.48. The highest BCUT2D eigenvalue weighted by atomic mass is 16.5. The van der Waals surface area contributed by atoms with E-state index in [0.717, 1.165) is 15.8 Å². The summed E-state index contributed by atoms with van der Waals surface area (Å²) >= 11 is 0. The first-order valence-corrected chi connectivity index (χ1v) is 4.17. The fourth-order valence-corrected chi connectivity index (χ4v) is 1.37. The highest BCUT2D eigenvalue weighted by Gasteiger charge is 1.93. The highest BCUT2D eigenvalue weighted by molar-refractivity contribution is 5.85. The molecule has 0 N–H and O–H groups in total. The molecule has 13 heavy (non-hydrogen) atoms. The van der Waals surface area contributed by atoms with Crippen molar-refractivity contribution < 1.29 is 0 Å². The van der Waals surface area contributed by atoms with Gasteiger partial charge in [-0.05, 0) is 30.0 Å². The predicted molar refractivity (Wildman–Crippen MR) is 55.7 cm³/mol. The van der Waals surface area contributed by atoms with E-state index in [1.807, 2.05) is 42.5 Å². The smallest absolute Gasteiger partial charge is 0.0263 e. The Morgan fingerprint density at radius 2 is 1.69 bits per heavy atom. The first-order valence-electron chi connectivity index (χ1n) is 4.17. The average Bonchev–Trinajstić information content (AvgIpc) is 2.17. The van der Waals surface area contributed by atoms with Crippen LogP contribution < -0.4 is 5.06 Å². The van der Waals surface area contributed by atoms with Crippen molar-refractivity contribution in [2.45, 2.75) is 0 Å². The third-order valence-corrected chi connectivity index (χ3v) is 2.10. The van der Waals surface area contributed by atoms with Crippen LogP contribution in [0.1, 0.15) is 0 Å². The van der Waals surface area contributed by atoms with Crippen LogP contribution in [0.25, 0.3) is 10.8 Å². The van der Waals surface area contributed by atoms with Gasteiger partial charge < -0.3 is 10.3 Å². The lowest BCUT2D eigenvalue weighted by Gasteiger charge is -2.24. The lowest BCUT2D eigenvalue weighted by atomic mass is 10.1. The topological polar surface area (TPSA) is 26.3 Å². The van der Waals surface area contributed by atoms with Crippen molar-refractivity contribution in [2.24, 2.45) is 0 Å². The van der Waals surface area contributed by atoms with Crippen molar-refractivity contribution in [2.75, 3.05) is 12.1 Å². The Morgan fingerprint density at radius 3 is 2.38 bits per heavy atom. The normalized spacial score (nSPS) is 10.3. The van der Waals surface area contributed by atoms with Gasteiger partial charge in [-0.3, -0.25) is 0 Å². The summed E-state index contributed by atoms with van der Waals surface area (Å²) < 4.78 is 0. The molecule has 0 radical (unpaired) electrons. The maximum absolute atomic E-state index is 11.0. The molecular weight excluding hydrogens is 162 g/mol. The zero-order chi connectivity index (χ0) is 9.26. The molecule has 0 fully saturated rings. The molecule has 0 aliphatic heterocycles. The molecule has 0 spiro atoms. The number of fused-ring (bicyclic) bond motifs is 1. The molecule has 2 nitrogen and oxygen atoms in total. The first-order chi connectivity index (χ1) is 6.27. The average molecular weight is 172 g/mol. The van der Waals surface area contributed by atoms with Gasteiger partial charge in [-0.25, -0.2) is 0 Å². The summed E-state index contributed by atoms with van der Waals surface area (Å²) in [4.78, 5) is 0. The Kier molecular flexibility index (Phi) is 1.91. The fraction of sp³-hybridized carbons (Fsp3) is 0.0909. The molecule has 0 heterocycles. The summed E-state index contributed by atoms with van der Waals surface area (Å²) in [6.07, 6.45) is 0. The molecule has 66 valence electrons. The third-order valence-electron chi connectivity index (χ3n) is 2.10. The van der Waals surface area contributed by atoms with Crippen molar-refractivity contribution in [3.8, 4) is 0 Å². The maximum atomic E-state index is 11.0. The molecule has 2 rings (SSSR count). The number of benzene rings is 2. The van der Waals surface area contributed by atoms with Crippen LogP contribution in [0.3, 0.4) is 0 Å². The van der Waals surface area contributed by atoms with Crippen molar-refractivity contribution >= 4 is 16.5 Å². The van der Waals surface area contributed by atoms with Crippen LogP contribution in [0.4, 0.5) is 5.69 Å². The van der Waals surface area contributed by atoms with Crippen molar-refractivity contribution in [3.63, 3.8) is 0 Å². The monoisotopic (exact) mass is 172 g/mol. The van der Waals surface area contributed by atoms with E-state index in [0.29, 0.717) is 5.69 Å². The molecule has 0 atom stereocenters. The zero-order valence-corrected chi connectivity index (χ0v) is 7.40. The summed E-state index contributed by atoms with van der Waals surface area (Å²) in [6.45, 7) is 0. The van der Waals surface area contributed by atoms with Crippen molar-refractivity contribution in [1.82, 2.24) is 0 Å². The Bertz CT molecular complexity index is 423. The number of rotatable bonds is 1. The summed E-state index contributed by atoms with van der Waals surface area (Å²) in [5.74, 6) is 0. The molecule has 0 bridgehead atoms. The minimum Gasteiger partial charge on any atom is -0.758 e. The van der Waals surface area contributed by atoms with Crippen LogP contribution in [0.5, 0.6) is 0 Å². The van der Waals surface area contributed by atoms with E-state index >= 15 is 0 Å². The van der Waals surface area contributed by atoms with Gasteiger partial charge in [-0.2, -0.15) is 0 Å². The molecule has 0 aromatic heterocycles. The van der Waals surface area contributed by atoms with Gasteiger partial charge >= 0.3 is 0 Å². The molecule has 0 aliphatic rings. The number of hydrogen-bond donors (Lipinski definition) is 0. The largest absolute Gasteiger partial charge is 0.758 e. The van der Waals surface area contributed by atoms with Crippen LogP contribution in [-0.4, -0.2) is 7.05 Å². The summed E-state index contributed by atoms with van der Waals surface area (Å²) in [5.41, 5.74) is 0.693. The van der Waals surface area contributed by atoms with E-state index in [4.69, 9.17) is 0 Å². The molecule has 2 heteroatoms. The summed E-state index contributed by atoms with van der Waals surface area (Å²) in [5, 5.41) is 14.1. The van der Waals surface area contributed by atoms with Gasteiger partial charge in [-0.1, -0.05) is 30.3 Å². The van der Waals surface area contributed by atoms with Crippen molar-refractivity contribution in [1.29, 1.82) is 0 Å². The molecule has 2 aromatic carbocycles. The van der Waals surface area contributed by atoms with E-state index in [-0.39, 0.29) is 0 Å². The number of hydrogen-bond acceptors (Lipinski definition) is 2. The van der Waals surface area contributed by atoms with Crippen LogP contribution in [0, 0.1) is 5.21 Å². The molecule has 2 aromatic rings. The molecule has 0 saturated heterocycles. The number of anilines is 1. The van der Waals surface area contributed by atoms with Gasteiger partial charge in [-0.15, -0.1) is 0 Å². The quantitative estimate of drug-likeness (QED) is 0.618. The zero-order valence-electron chi connectivity index (χ0n) is 7.40. The van der Waals surface area contributed by atoms with E-state index in [2.05, 4.69) is 0 Å². The number of hydroxylamine groups is 1. The van der Waals surface area contributed by atoms with Gasteiger partial charge in [0.05, 0.1) is 0 Å². The highest BCUT2D eigenvalue weighted by Crippen LogP contribution is 2.20. The fourth-order valence-electron chi connectivity index (χ4n) is 1.37. The second-order valence-corrected chi connectivity index (χ2v) is 3.03. The van der Waals surface area contributed by atoms with Gasteiger partial charge in [0.25, 0.3) is 0 Å². The summed E-state index contributed by atoms with van der Waals surface area (Å²) in [7, 11) is 1.50. The first kappa shape index (κ1) is 8.08. The second kappa shape index (κ2) is 3.07. The molecule has 0 unspecified atom stereocenters. The maximum Gasteiger partial charge on any atom is 0.0263 e.